The fourth-order valence-electron chi connectivity index (χ4n) is 3.34. The zero-order chi connectivity index (χ0) is 19.3. The van der Waals surface area contributed by atoms with Crippen LogP contribution in [0.5, 0.6) is 0 Å². The molecule has 4 aromatic rings. The van der Waals surface area contributed by atoms with Gasteiger partial charge in [-0.25, -0.2) is 4.68 Å². The minimum absolute atomic E-state index is 0.0369. The molecule has 0 fully saturated rings. The van der Waals surface area contributed by atoms with Gasteiger partial charge in [0.25, 0.3) is 5.56 Å². The predicted molar refractivity (Wildman–Crippen MR) is 116 cm³/mol. The Labute approximate surface area is 168 Å². The van der Waals surface area contributed by atoms with Crippen molar-refractivity contribution in [2.75, 3.05) is 6.54 Å². The first kappa shape index (κ1) is 18.6. The van der Waals surface area contributed by atoms with E-state index in [-0.39, 0.29) is 5.56 Å². The number of fused-ring (bicyclic) bond motifs is 1. The molecule has 2 heterocycles. The maximum absolute atomic E-state index is 12.9. The van der Waals surface area contributed by atoms with Crippen molar-refractivity contribution in [3.63, 3.8) is 0 Å². The third kappa shape index (κ3) is 4.38. The van der Waals surface area contributed by atoms with Gasteiger partial charge in [0.2, 0.25) is 0 Å². The van der Waals surface area contributed by atoms with Crippen LogP contribution in [0.15, 0.2) is 77.7 Å². The number of hydrogen-bond donors (Lipinski definition) is 0. The molecule has 0 saturated heterocycles. The van der Waals surface area contributed by atoms with Crippen molar-refractivity contribution < 1.29 is 0 Å². The Bertz CT molecular complexity index is 1120. The first-order valence-corrected chi connectivity index (χ1v) is 10.3. The van der Waals surface area contributed by atoms with Crippen LogP contribution in [-0.2, 0) is 19.6 Å². The third-order valence-corrected chi connectivity index (χ3v) is 5.82. The molecule has 0 amide bonds. The Morgan fingerprint density at radius 3 is 2.57 bits per heavy atom. The molecule has 0 aliphatic carbocycles. The summed E-state index contributed by atoms with van der Waals surface area (Å²) in [4.78, 5) is 17.8. The highest BCUT2D eigenvalue weighted by Gasteiger charge is 2.12. The molecule has 4 rings (SSSR count). The van der Waals surface area contributed by atoms with Gasteiger partial charge >= 0.3 is 0 Å². The molecule has 2 aromatic heterocycles. The topological polar surface area (TPSA) is 38.1 Å². The van der Waals surface area contributed by atoms with Crippen LogP contribution in [0.2, 0.25) is 0 Å². The van der Waals surface area contributed by atoms with Crippen molar-refractivity contribution in [1.82, 2.24) is 14.7 Å². The van der Waals surface area contributed by atoms with E-state index in [0.29, 0.717) is 12.1 Å². The van der Waals surface area contributed by atoms with Gasteiger partial charge in [0.15, 0.2) is 0 Å². The van der Waals surface area contributed by atoms with E-state index >= 15 is 0 Å². The van der Waals surface area contributed by atoms with Gasteiger partial charge in [-0.15, -0.1) is 11.3 Å². The van der Waals surface area contributed by atoms with Gasteiger partial charge in [-0.2, -0.15) is 5.10 Å². The maximum atomic E-state index is 12.9. The number of aromatic nitrogens is 2. The summed E-state index contributed by atoms with van der Waals surface area (Å²) in [5.41, 5.74) is 1.26. The van der Waals surface area contributed by atoms with Crippen LogP contribution in [0.1, 0.15) is 15.3 Å². The highest BCUT2D eigenvalue weighted by atomic mass is 32.1. The number of rotatable bonds is 7. The van der Waals surface area contributed by atoms with E-state index in [2.05, 4.69) is 53.3 Å². The quantitative estimate of drug-likeness (QED) is 0.468. The molecule has 28 heavy (non-hydrogen) atoms. The van der Waals surface area contributed by atoms with Crippen molar-refractivity contribution in [1.29, 1.82) is 0 Å². The van der Waals surface area contributed by atoms with Gasteiger partial charge in [0, 0.05) is 28.2 Å². The molecule has 0 N–H and O–H groups in total. The lowest BCUT2D eigenvalue weighted by atomic mass is 10.1. The summed E-state index contributed by atoms with van der Waals surface area (Å²) < 4.78 is 1.58. The second-order valence-corrected chi connectivity index (χ2v) is 8.35. The van der Waals surface area contributed by atoms with Gasteiger partial charge in [0.1, 0.15) is 0 Å². The molecular formula is C23H23N3OS. The van der Waals surface area contributed by atoms with Crippen LogP contribution < -0.4 is 5.56 Å². The Morgan fingerprint density at radius 2 is 1.79 bits per heavy atom. The fraction of sp³-hybridized carbons (Fsp3) is 0.217. The molecule has 0 bridgehead atoms. The van der Waals surface area contributed by atoms with Crippen molar-refractivity contribution in [2.24, 2.45) is 0 Å². The van der Waals surface area contributed by atoms with Crippen molar-refractivity contribution >= 4 is 22.1 Å². The highest BCUT2D eigenvalue weighted by Crippen LogP contribution is 2.18. The average Bonchev–Trinajstić information content (AvgIpc) is 3.14. The Balaban J connectivity index is 1.57. The first-order valence-electron chi connectivity index (χ1n) is 9.45. The van der Waals surface area contributed by atoms with E-state index in [0.717, 1.165) is 24.9 Å². The third-order valence-electron chi connectivity index (χ3n) is 4.83. The molecule has 0 atom stereocenters. The summed E-state index contributed by atoms with van der Waals surface area (Å²) in [6.07, 6.45) is 2.72. The average molecular weight is 390 g/mol. The molecular weight excluding hydrogens is 366 g/mol. The second kappa shape index (κ2) is 8.50. The Kier molecular flexibility index (Phi) is 5.65. The smallest absolute Gasteiger partial charge is 0.275 e. The van der Waals surface area contributed by atoms with Crippen molar-refractivity contribution in [3.8, 4) is 0 Å². The van der Waals surface area contributed by atoms with Gasteiger partial charge in [-0.05, 0) is 37.1 Å². The Hall–Kier alpha value is -2.76. The summed E-state index contributed by atoms with van der Waals surface area (Å²) in [6.45, 7) is 4.28. The second-order valence-electron chi connectivity index (χ2n) is 6.98. The van der Waals surface area contributed by atoms with E-state index in [1.807, 2.05) is 30.3 Å². The molecule has 0 aliphatic heterocycles. The minimum Gasteiger partial charge on any atom is -0.279 e. The van der Waals surface area contributed by atoms with Gasteiger partial charge < -0.3 is 0 Å². The minimum atomic E-state index is -0.0369. The molecule has 0 unspecified atom stereocenters. The van der Waals surface area contributed by atoms with Crippen molar-refractivity contribution in [2.45, 2.75) is 26.6 Å². The van der Waals surface area contributed by atoms with Crippen LogP contribution in [-0.4, -0.2) is 21.2 Å². The molecule has 0 spiro atoms. The SMILES string of the molecule is Cc1ccc(CN(CCc2ccccc2)Cn2ncc3ccccc3c2=O)s1. The number of hydrogen-bond acceptors (Lipinski definition) is 4. The van der Waals surface area contributed by atoms with E-state index in [1.165, 1.54) is 15.3 Å². The van der Waals surface area contributed by atoms with E-state index < -0.39 is 0 Å². The largest absolute Gasteiger partial charge is 0.279 e. The maximum Gasteiger partial charge on any atom is 0.275 e. The van der Waals surface area contributed by atoms with Gasteiger partial charge in [0.05, 0.1) is 18.3 Å². The number of nitrogens with zero attached hydrogens (tertiary/aromatic N) is 3. The number of aryl methyl sites for hydroxylation is 1. The summed E-state index contributed by atoms with van der Waals surface area (Å²) in [6, 6.07) is 22.4. The molecule has 2 aromatic carbocycles. The molecule has 4 nitrogen and oxygen atoms in total. The van der Waals surface area contributed by atoms with Crippen LogP contribution in [0, 0.1) is 6.92 Å². The summed E-state index contributed by atoms with van der Waals surface area (Å²) in [7, 11) is 0. The zero-order valence-electron chi connectivity index (χ0n) is 15.9. The van der Waals surface area contributed by atoms with Crippen molar-refractivity contribution in [3.05, 3.63) is 98.6 Å². The molecule has 142 valence electrons. The zero-order valence-corrected chi connectivity index (χ0v) is 16.7. The van der Waals surface area contributed by atoms with Crippen LogP contribution in [0.25, 0.3) is 10.8 Å². The molecule has 0 aliphatic rings. The molecule has 0 radical (unpaired) electrons. The fourth-order valence-corrected chi connectivity index (χ4v) is 4.27. The van der Waals surface area contributed by atoms with E-state index in [4.69, 9.17) is 0 Å². The van der Waals surface area contributed by atoms with Crippen LogP contribution in [0.3, 0.4) is 0 Å². The monoisotopic (exact) mass is 389 g/mol. The van der Waals surface area contributed by atoms with Crippen LogP contribution in [0.4, 0.5) is 0 Å². The lowest BCUT2D eigenvalue weighted by Crippen LogP contribution is -2.34. The highest BCUT2D eigenvalue weighted by molar-refractivity contribution is 7.11. The standard InChI is InChI=1S/C23H23N3OS/c1-18-11-12-21(28-18)16-25(14-13-19-7-3-2-4-8-19)17-26-23(27)22-10-6-5-9-20(22)15-24-26/h2-12,15H,13-14,16-17H2,1H3. The van der Waals surface area contributed by atoms with E-state index in [1.54, 1.807) is 22.2 Å². The van der Waals surface area contributed by atoms with Gasteiger partial charge in [-0.3, -0.25) is 9.69 Å². The first-order chi connectivity index (χ1) is 13.7. The Morgan fingerprint density at radius 1 is 1.00 bits per heavy atom. The lowest BCUT2D eigenvalue weighted by molar-refractivity contribution is 0.198. The normalized spacial score (nSPS) is 11.4. The van der Waals surface area contributed by atoms with Crippen LogP contribution >= 0.6 is 11.3 Å². The molecule has 5 heteroatoms. The predicted octanol–water partition coefficient (Wildman–Crippen LogP) is 4.47. The summed E-state index contributed by atoms with van der Waals surface area (Å²) in [5.74, 6) is 0. The van der Waals surface area contributed by atoms with E-state index in [9.17, 15) is 4.79 Å². The lowest BCUT2D eigenvalue weighted by Gasteiger charge is -2.22. The van der Waals surface area contributed by atoms with Gasteiger partial charge in [-0.1, -0.05) is 48.5 Å². The molecule has 0 saturated carbocycles. The summed E-state index contributed by atoms with van der Waals surface area (Å²) >= 11 is 1.81. The number of thiophene rings is 1. The number of benzene rings is 2. The summed E-state index contributed by atoms with van der Waals surface area (Å²) in [5, 5.41) is 6.01.